The van der Waals surface area contributed by atoms with Crippen molar-refractivity contribution in [3.05, 3.63) is 35.9 Å². The molecule has 1 heterocycles. The van der Waals surface area contributed by atoms with Gasteiger partial charge in [-0.2, -0.15) is 5.26 Å². The van der Waals surface area contributed by atoms with Gasteiger partial charge in [0, 0.05) is 0 Å². The minimum Gasteiger partial charge on any atom is -0.426 e. The van der Waals surface area contributed by atoms with E-state index in [1.165, 1.54) is 0 Å². The predicted octanol–water partition coefficient (Wildman–Crippen LogP) is 3.96. The monoisotopic (exact) mass is 379 g/mol. The van der Waals surface area contributed by atoms with Crippen molar-refractivity contribution in [2.24, 2.45) is 5.41 Å². The molecular weight excluding hydrogens is 353 g/mol. The molecule has 1 aliphatic rings. The second kappa shape index (κ2) is 6.61. The zero-order valence-corrected chi connectivity index (χ0v) is 17.5. The smallest absolute Gasteiger partial charge is 0.426 e. The third kappa shape index (κ3) is 3.53. The highest BCUT2D eigenvalue weighted by molar-refractivity contribution is 6.65. The third-order valence-corrected chi connectivity index (χ3v) is 5.43. The van der Waals surface area contributed by atoms with E-state index in [1.807, 2.05) is 39.8 Å². The quantitative estimate of drug-likeness (QED) is 0.449. The van der Waals surface area contributed by atoms with Crippen molar-refractivity contribution < 1.29 is 18.8 Å². The van der Waals surface area contributed by atoms with Crippen LogP contribution in [-0.4, -0.2) is 24.3 Å². The lowest BCUT2D eigenvalue weighted by Gasteiger charge is -2.32. The number of hydrogen-bond donors (Lipinski definition) is 0. The van der Waals surface area contributed by atoms with Crippen molar-refractivity contribution >= 4 is 29.3 Å². The van der Waals surface area contributed by atoms with Crippen LogP contribution in [0, 0.1) is 16.7 Å². The summed E-state index contributed by atoms with van der Waals surface area (Å²) in [5, 5.41) is 11.2. The Balaban J connectivity index is 2.17. The van der Waals surface area contributed by atoms with Crippen LogP contribution in [0.1, 0.15) is 54.0 Å². The van der Waals surface area contributed by atoms with Gasteiger partial charge < -0.3 is 14.0 Å². The summed E-state index contributed by atoms with van der Waals surface area (Å²) in [6, 6.07) is 11.2. The van der Waals surface area contributed by atoms with Crippen LogP contribution in [0.2, 0.25) is 0 Å². The van der Waals surface area contributed by atoms with Gasteiger partial charge in [0.05, 0.1) is 28.2 Å². The molecule has 5 nitrogen and oxygen atoms in total. The van der Waals surface area contributed by atoms with E-state index in [2.05, 4.69) is 6.07 Å². The predicted molar refractivity (Wildman–Crippen MR) is 109 cm³/mol. The summed E-state index contributed by atoms with van der Waals surface area (Å²) in [5.41, 5.74) is -0.470. The largest absolute Gasteiger partial charge is 0.495 e. The summed E-state index contributed by atoms with van der Waals surface area (Å²) in [6.45, 7) is 13.3. The molecule has 0 amide bonds. The van der Waals surface area contributed by atoms with Gasteiger partial charge >= 0.3 is 13.1 Å². The van der Waals surface area contributed by atoms with Crippen molar-refractivity contribution in [1.82, 2.24) is 0 Å². The fourth-order valence-corrected chi connectivity index (χ4v) is 3.00. The van der Waals surface area contributed by atoms with Gasteiger partial charge in [-0.1, -0.05) is 12.1 Å². The van der Waals surface area contributed by atoms with Gasteiger partial charge in [-0.25, -0.2) is 0 Å². The summed E-state index contributed by atoms with van der Waals surface area (Å²) in [6.07, 6.45) is 0. The number of carbonyl (C=O) groups excluding carboxylic acids is 1. The Morgan fingerprint density at radius 2 is 1.71 bits per heavy atom. The van der Waals surface area contributed by atoms with Crippen molar-refractivity contribution in [3.63, 3.8) is 0 Å². The van der Waals surface area contributed by atoms with E-state index in [4.69, 9.17) is 14.0 Å². The average molecular weight is 379 g/mol. The lowest BCUT2D eigenvalue weighted by Crippen LogP contribution is -2.41. The van der Waals surface area contributed by atoms with Crippen LogP contribution in [0.25, 0.3) is 10.8 Å². The molecule has 0 unspecified atom stereocenters. The van der Waals surface area contributed by atoms with Crippen molar-refractivity contribution in [1.29, 1.82) is 5.26 Å². The van der Waals surface area contributed by atoms with E-state index in [9.17, 15) is 10.1 Å². The number of fused-ring (bicyclic) bond motifs is 1. The van der Waals surface area contributed by atoms with Crippen LogP contribution in [0.5, 0.6) is 5.75 Å². The molecule has 146 valence electrons. The maximum atomic E-state index is 12.4. The molecule has 2 aromatic carbocycles. The first-order valence-electron chi connectivity index (χ1n) is 9.40. The zero-order valence-electron chi connectivity index (χ0n) is 17.5. The fourth-order valence-electron chi connectivity index (χ4n) is 3.00. The van der Waals surface area contributed by atoms with Gasteiger partial charge in [0.1, 0.15) is 5.75 Å². The van der Waals surface area contributed by atoms with Crippen LogP contribution < -0.4 is 10.2 Å². The highest BCUT2D eigenvalue weighted by Gasteiger charge is 2.52. The van der Waals surface area contributed by atoms with Gasteiger partial charge in [0.15, 0.2) is 0 Å². The van der Waals surface area contributed by atoms with Crippen LogP contribution >= 0.6 is 0 Å². The summed E-state index contributed by atoms with van der Waals surface area (Å²) < 4.78 is 18.1. The Bertz CT molecular complexity index is 966. The number of hydrogen-bond acceptors (Lipinski definition) is 5. The van der Waals surface area contributed by atoms with E-state index in [1.54, 1.807) is 39.0 Å². The van der Waals surface area contributed by atoms with Crippen molar-refractivity contribution in [2.45, 2.75) is 59.7 Å². The maximum absolute atomic E-state index is 12.4. The lowest BCUT2D eigenvalue weighted by molar-refractivity contribution is -0.142. The van der Waals surface area contributed by atoms with Crippen LogP contribution in [0.3, 0.4) is 0 Å². The van der Waals surface area contributed by atoms with E-state index in [0.29, 0.717) is 16.8 Å². The first-order chi connectivity index (χ1) is 12.9. The van der Waals surface area contributed by atoms with E-state index >= 15 is 0 Å². The van der Waals surface area contributed by atoms with Crippen molar-refractivity contribution in [2.75, 3.05) is 0 Å². The Morgan fingerprint density at radius 1 is 1.11 bits per heavy atom. The number of esters is 1. The number of nitriles is 1. The Hall–Kier alpha value is -2.36. The summed E-state index contributed by atoms with van der Waals surface area (Å²) in [7, 11) is -0.671. The molecule has 0 N–H and O–H groups in total. The molecule has 2 aromatic rings. The molecule has 1 fully saturated rings. The third-order valence-electron chi connectivity index (χ3n) is 5.43. The molecule has 0 aliphatic carbocycles. The van der Waals surface area contributed by atoms with Gasteiger partial charge in [-0.3, -0.25) is 4.79 Å². The SMILES string of the molecule is CC(C)(C)C(=O)Oc1cc(B2OC(C)(C)C(C)(C)O2)c2c(C#N)cccc2c1. The molecule has 6 heteroatoms. The molecule has 0 spiro atoms. The van der Waals surface area contributed by atoms with E-state index < -0.39 is 23.7 Å². The standard InChI is InChI=1S/C22H26BNO4/c1-20(2,3)19(25)26-16-11-14-9-8-10-15(13-24)18(14)17(12-16)23-27-21(4,5)22(6,7)28-23/h8-12H,1-7H3. The molecule has 28 heavy (non-hydrogen) atoms. The Labute approximate surface area is 166 Å². The van der Waals surface area contributed by atoms with Gasteiger partial charge in [0.2, 0.25) is 0 Å². The van der Waals surface area contributed by atoms with E-state index in [-0.39, 0.29) is 5.97 Å². The summed E-state index contributed by atoms with van der Waals surface area (Å²) >= 11 is 0. The highest BCUT2D eigenvalue weighted by atomic mass is 16.7. The van der Waals surface area contributed by atoms with Crippen LogP contribution in [-0.2, 0) is 14.1 Å². The number of nitrogens with zero attached hydrogens (tertiary/aromatic N) is 1. The highest BCUT2D eigenvalue weighted by Crippen LogP contribution is 2.38. The zero-order chi connectivity index (χ0) is 20.9. The first-order valence-corrected chi connectivity index (χ1v) is 9.40. The maximum Gasteiger partial charge on any atom is 0.495 e. The van der Waals surface area contributed by atoms with Crippen LogP contribution in [0.4, 0.5) is 0 Å². The topological polar surface area (TPSA) is 68.6 Å². The normalized spacial score (nSPS) is 18.1. The molecule has 3 rings (SSSR count). The van der Waals surface area contributed by atoms with E-state index in [0.717, 1.165) is 10.8 Å². The number of ether oxygens (including phenoxy) is 1. The molecule has 1 aliphatic heterocycles. The second-order valence-corrected chi connectivity index (χ2v) is 9.26. The summed E-state index contributed by atoms with van der Waals surface area (Å²) in [5.74, 6) is 0.0791. The fraction of sp³-hybridized carbons (Fsp3) is 0.455. The molecular formula is C22H26BNO4. The number of benzene rings is 2. The molecule has 0 radical (unpaired) electrons. The Kier molecular flexibility index (Phi) is 4.81. The summed E-state index contributed by atoms with van der Waals surface area (Å²) in [4.78, 5) is 12.4. The van der Waals surface area contributed by atoms with Crippen molar-refractivity contribution in [3.8, 4) is 11.8 Å². The number of carbonyl (C=O) groups is 1. The van der Waals surface area contributed by atoms with Crippen LogP contribution in [0.15, 0.2) is 30.3 Å². The van der Waals surface area contributed by atoms with Gasteiger partial charge in [-0.15, -0.1) is 0 Å². The first kappa shape index (κ1) is 20.4. The molecule has 0 saturated carbocycles. The molecule has 1 saturated heterocycles. The minimum absolute atomic E-state index is 0.330. The number of rotatable bonds is 2. The Morgan fingerprint density at radius 3 is 2.25 bits per heavy atom. The molecule has 0 aromatic heterocycles. The molecule has 0 bridgehead atoms. The second-order valence-electron chi connectivity index (χ2n) is 9.26. The lowest BCUT2D eigenvalue weighted by atomic mass is 9.75. The van der Waals surface area contributed by atoms with Gasteiger partial charge in [-0.05, 0) is 82.9 Å². The average Bonchev–Trinajstić information content (AvgIpc) is 2.80. The molecule has 0 atom stereocenters. The minimum atomic E-state index is -0.671. The van der Waals surface area contributed by atoms with Gasteiger partial charge in [0.25, 0.3) is 0 Å².